The van der Waals surface area contributed by atoms with Crippen LogP contribution in [0.4, 0.5) is 11.5 Å². The molecule has 0 aliphatic heterocycles. The molecule has 2 aromatic heterocycles. The van der Waals surface area contributed by atoms with Crippen LogP contribution in [0.3, 0.4) is 0 Å². The highest BCUT2D eigenvalue weighted by Crippen LogP contribution is 2.23. The second kappa shape index (κ2) is 4.51. The zero-order valence-corrected chi connectivity index (χ0v) is 10.6. The number of hydrogen-bond acceptors (Lipinski definition) is 5. The lowest BCUT2D eigenvalue weighted by Gasteiger charge is -2.17. The molecule has 7 nitrogen and oxygen atoms in total. The first-order valence-electron chi connectivity index (χ1n) is 5.85. The Labute approximate surface area is 113 Å². The monoisotopic (exact) mass is 266 g/mol. The number of hydrogen-bond donors (Lipinski definition) is 2. The molecule has 3 rings (SSSR count). The average Bonchev–Trinajstić information content (AvgIpc) is 2.85. The fourth-order valence-corrected chi connectivity index (χ4v) is 1.95. The number of aromatic nitrogens is 4. The molecule has 0 spiro atoms. The average molecular weight is 266 g/mol. The van der Waals surface area contributed by atoms with E-state index in [1.165, 1.54) is 6.33 Å². The minimum Gasteiger partial charge on any atom is -0.329 e. The Morgan fingerprint density at radius 1 is 1.20 bits per heavy atom. The fourth-order valence-electron chi connectivity index (χ4n) is 1.95. The molecular formula is C13H10N6O. The van der Waals surface area contributed by atoms with Crippen molar-refractivity contribution in [3.05, 3.63) is 46.8 Å². The standard InChI is InChI=1S/C13H10N6O/c1-19(12-4-8(6-14)15-7-16-12)9-2-3-10-11(5-9)18-13(20)17-10/h2-5,7H,1H3,(H2,17,18,20). The quantitative estimate of drug-likeness (QED) is 0.727. The van der Waals surface area contributed by atoms with Gasteiger partial charge in [-0.25, -0.2) is 14.8 Å². The lowest BCUT2D eigenvalue weighted by molar-refractivity contribution is 1.07. The van der Waals surface area contributed by atoms with Crippen LogP contribution in [0.1, 0.15) is 5.69 Å². The van der Waals surface area contributed by atoms with Gasteiger partial charge < -0.3 is 14.9 Å². The van der Waals surface area contributed by atoms with Crippen molar-refractivity contribution >= 4 is 22.5 Å². The van der Waals surface area contributed by atoms with E-state index < -0.39 is 0 Å². The summed E-state index contributed by atoms with van der Waals surface area (Å²) in [5, 5.41) is 8.86. The second-order valence-corrected chi connectivity index (χ2v) is 4.24. The summed E-state index contributed by atoms with van der Waals surface area (Å²) in [6, 6.07) is 9.08. The van der Waals surface area contributed by atoms with Gasteiger partial charge in [0.2, 0.25) is 0 Å². The Hall–Kier alpha value is -3.14. The molecule has 0 aliphatic carbocycles. The smallest absolute Gasteiger partial charge is 0.323 e. The van der Waals surface area contributed by atoms with Crippen LogP contribution in [0.25, 0.3) is 11.0 Å². The van der Waals surface area contributed by atoms with Gasteiger partial charge in [0.1, 0.15) is 23.9 Å². The van der Waals surface area contributed by atoms with E-state index >= 15 is 0 Å². The molecule has 0 bridgehead atoms. The van der Waals surface area contributed by atoms with E-state index in [1.807, 2.05) is 36.2 Å². The van der Waals surface area contributed by atoms with Gasteiger partial charge in [0.15, 0.2) is 0 Å². The molecule has 0 aliphatic rings. The van der Waals surface area contributed by atoms with E-state index in [1.54, 1.807) is 6.07 Å². The number of fused-ring (bicyclic) bond motifs is 1. The summed E-state index contributed by atoms with van der Waals surface area (Å²) in [5.74, 6) is 0.605. The lowest BCUT2D eigenvalue weighted by Crippen LogP contribution is -2.11. The molecule has 0 saturated carbocycles. The molecule has 0 radical (unpaired) electrons. The lowest BCUT2D eigenvalue weighted by atomic mass is 10.2. The van der Waals surface area contributed by atoms with Gasteiger partial charge in [0.05, 0.1) is 11.0 Å². The summed E-state index contributed by atoms with van der Waals surface area (Å²) in [6.07, 6.45) is 1.35. The molecule has 3 aromatic rings. The van der Waals surface area contributed by atoms with E-state index in [0.29, 0.717) is 17.0 Å². The molecule has 20 heavy (non-hydrogen) atoms. The van der Waals surface area contributed by atoms with E-state index in [9.17, 15) is 4.79 Å². The first kappa shape index (κ1) is 11.9. The van der Waals surface area contributed by atoms with Gasteiger partial charge in [-0.1, -0.05) is 0 Å². The van der Waals surface area contributed by atoms with Crippen molar-refractivity contribution in [3.8, 4) is 6.07 Å². The van der Waals surface area contributed by atoms with Crippen molar-refractivity contribution in [3.63, 3.8) is 0 Å². The maximum absolute atomic E-state index is 11.2. The van der Waals surface area contributed by atoms with Crippen LogP contribution in [0.5, 0.6) is 0 Å². The molecule has 98 valence electrons. The third-order valence-electron chi connectivity index (χ3n) is 3.00. The number of anilines is 2. The normalized spacial score (nSPS) is 10.4. The van der Waals surface area contributed by atoms with Crippen LogP contribution in [0.15, 0.2) is 35.4 Å². The summed E-state index contributed by atoms with van der Waals surface area (Å²) in [6.45, 7) is 0. The third-order valence-corrected chi connectivity index (χ3v) is 3.00. The number of aromatic amines is 2. The molecule has 2 heterocycles. The van der Waals surface area contributed by atoms with Crippen LogP contribution in [-0.2, 0) is 0 Å². The highest BCUT2D eigenvalue weighted by molar-refractivity contribution is 5.80. The van der Waals surface area contributed by atoms with Crippen LogP contribution in [-0.4, -0.2) is 27.0 Å². The van der Waals surface area contributed by atoms with Crippen LogP contribution in [0.2, 0.25) is 0 Å². The number of nitrogens with one attached hydrogen (secondary N) is 2. The van der Waals surface area contributed by atoms with Crippen LogP contribution < -0.4 is 10.6 Å². The number of nitrogens with zero attached hydrogens (tertiary/aromatic N) is 4. The maximum atomic E-state index is 11.2. The van der Waals surface area contributed by atoms with Crippen LogP contribution in [0, 0.1) is 11.3 Å². The summed E-state index contributed by atoms with van der Waals surface area (Å²) in [7, 11) is 1.83. The molecule has 0 saturated heterocycles. The largest absolute Gasteiger partial charge is 0.329 e. The first-order valence-corrected chi connectivity index (χ1v) is 5.85. The van der Waals surface area contributed by atoms with Crippen molar-refractivity contribution in [2.24, 2.45) is 0 Å². The SMILES string of the molecule is CN(c1ccc2[nH]c(=O)[nH]c2c1)c1cc(C#N)ncn1. The predicted molar refractivity (Wildman–Crippen MR) is 73.7 cm³/mol. The summed E-state index contributed by atoms with van der Waals surface area (Å²) in [4.78, 5) is 26.4. The van der Waals surface area contributed by atoms with E-state index in [-0.39, 0.29) is 5.69 Å². The predicted octanol–water partition coefficient (Wildman–Crippen LogP) is 1.29. The summed E-state index contributed by atoms with van der Waals surface area (Å²) < 4.78 is 0. The minimum absolute atomic E-state index is 0.242. The Morgan fingerprint density at radius 3 is 2.80 bits per heavy atom. The molecule has 1 aromatic carbocycles. The highest BCUT2D eigenvalue weighted by Gasteiger charge is 2.08. The van der Waals surface area contributed by atoms with Gasteiger partial charge in [0.25, 0.3) is 0 Å². The van der Waals surface area contributed by atoms with Gasteiger partial charge in [-0.3, -0.25) is 0 Å². The maximum Gasteiger partial charge on any atom is 0.323 e. The first-order chi connectivity index (χ1) is 9.67. The van der Waals surface area contributed by atoms with E-state index in [2.05, 4.69) is 19.9 Å². The van der Waals surface area contributed by atoms with Crippen LogP contribution >= 0.6 is 0 Å². The highest BCUT2D eigenvalue weighted by atomic mass is 16.1. The van der Waals surface area contributed by atoms with Crippen molar-refractivity contribution in [1.82, 2.24) is 19.9 Å². The van der Waals surface area contributed by atoms with Gasteiger partial charge >= 0.3 is 5.69 Å². The zero-order valence-electron chi connectivity index (χ0n) is 10.6. The molecule has 7 heteroatoms. The Balaban J connectivity index is 2.04. The molecule has 0 amide bonds. The van der Waals surface area contributed by atoms with Gasteiger partial charge in [0, 0.05) is 18.8 Å². The van der Waals surface area contributed by atoms with Crippen molar-refractivity contribution in [2.75, 3.05) is 11.9 Å². The van der Waals surface area contributed by atoms with Gasteiger partial charge in [-0.05, 0) is 18.2 Å². The molecule has 0 fully saturated rings. The minimum atomic E-state index is -0.242. The number of H-pyrrole nitrogens is 2. The molecular weight excluding hydrogens is 256 g/mol. The van der Waals surface area contributed by atoms with E-state index in [4.69, 9.17) is 5.26 Å². The fraction of sp³-hybridized carbons (Fsp3) is 0.0769. The third kappa shape index (κ3) is 1.99. The van der Waals surface area contributed by atoms with Crippen molar-refractivity contribution < 1.29 is 0 Å². The second-order valence-electron chi connectivity index (χ2n) is 4.24. The molecule has 2 N–H and O–H groups in total. The van der Waals surface area contributed by atoms with E-state index in [0.717, 1.165) is 11.2 Å². The molecule has 0 atom stereocenters. The van der Waals surface area contributed by atoms with Crippen molar-refractivity contribution in [1.29, 1.82) is 5.26 Å². The molecule has 0 unspecified atom stereocenters. The number of nitriles is 1. The number of imidazole rings is 1. The number of benzene rings is 1. The summed E-state index contributed by atoms with van der Waals surface area (Å²) in [5.41, 5.74) is 2.36. The Bertz CT molecular complexity index is 872. The topological polar surface area (TPSA) is 101 Å². The zero-order chi connectivity index (χ0) is 14.1. The van der Waals surface area contributed by atoms with Gasteiger partial charge in [-0.15, -0.1) is 0 Å². The Kier molecular flexibility index (Phi) is 2.69. The van der Waals surface area contributed by atoms with Crippen molar-refractivity contribution in [2.45, 2.75) is 0 Å². The summed E-state index contributed by atoms with van der Waals surface area (Å²) >= 11 is 0. The Morgan fingerprint density at radius 2 is 2.00 bits per heavy atom. The van der Waals surface area contributed by atoms with Gasteiger partial charge in [-0.2, -0.15) is 5.26 Å². The number of rotatable bonds is 2.